The lowest BCUT2D eigenvalue weighted by Crippen LogP contribution is -2.61. The number of rotatable bonds is 0. The second kappa shape index (κ2) is 2.14. The van der Waals surface area contributed by atoms with Crippen LogP contribution in [0.25, 0.3) is 0 Å². The summed E-state index contributed by atoms with van der Waals surface area (Å²) in [7, 11) is 0. The topological polar surface area (TPSA) is 29.3 Å². The number of hydrogen-bond acceptors (Lipinski definition) is 2. The minimum atomic E-state index is -4.24. The van der Waals surface area contributed by atoms with Gasteiger partial charge in [-0.05, 0) is 13.0 Å². The van der Waals surface area contributed by atoms with Gasteiger partial charge < -0.3 is 10.6 Å². The predicted octanol–water partition coefficient (Wildman–Crippen LogP) is 0.582. The molecule has 0 aromatic rings. The van der Waals surface area contributed by atoms with Crippen LogP contribution >= 0.6 is 0 Å². The Hall–Kier alpha value is -0.290. The summed E-state index contributed by atoms with van der Waals surface area (Å²) in [5, 5.41) is 0. The molecule has 0 spiro atoms. The molecular weight excluding hydrogens is 169 g/mol. The van der Waals surface area contributed by atoms with Gasteiger partial charge in [-0.15, -0.1) is 0 Å². The monoisotopic (exact) mass is 180 g/mol. The summed E-state index contributed by atoms with van der Waals surface area (Å²) in [4.78, 5) is 1.79. The summed E-state index contributed by atoms with van der Waals surface area (Å²) >= 11 is 0. The Kier molecular flexibility index (Phi) is 1.48. The Morgan fingerprint density at radius 3 is 2.33 bits per heavy atom. The summed E-state index contributed by atoms with van der Waals surface area (Å²) < 4.78 is 37.4. The first-order valence-corrected chi connectivity index (χ1v) is 4.01. The number of nitrogens with zero attached hydrogens (tertiary/aromatic N) is 1. The summed E-state index contributed by atoms with van der Waals surface area (Å²) in [6.45, 7) is 1.29. The molecule has 2 aliphatic rings. The van der Waals surface area contributed by atoms with Gasteiger partial charge in [-0.1, -0.05) is 0 Å². The van der Waals surface area contributed by atoms with Crippen molar-refractivity contribution in [2.24, 2.45) is 11.7 Å². The van der Waals surface area contributed by atoms with Gasteiger partial charge in [0.15, 0.2) is 0 Å². The molecule has 2 fully saturated rings. The molecule has 2 aliphatic heterocycles. The Bertz CT molecular complexity index is 203. The molecule has 0 aromatic carbocycles. The van der Waals surface area contributed by atoms with Crippen molar-refractivity contribution in [3.8, 4) is 0 Å². The van der Waals surface area contributed by atoms with Crippen molar-refractivity contribution < 1.29 is 13.2 Å². The first kappa shape index (κ1) is 8.31. The van der Waals surface area contributed by atoms with E-state index in [-0.39, 0.29) is 12.5 Å². The van der Waals surface area contributed by atoms with E-state index in [2.05, 4.69) is 0 Å². The van der Waals surface area contributed by atoms with Crippen molar-refractivity contribution in [1.82, 2.24) is 4.90 Å². The Labute approximate surface area is 68.5 Å². The molecule has 3 unspecified atom stereocenters. The van der Waals surface area contributed by atoms with Gasteiger partial charge in [0.1, 0.15) is 5.54 Å². The van der Waals surface area contributed by atoms with Crippen molar-refractivity contribution in [2.45, 2.75) is 18.1 Å². The minimum absolute atomic E-state index is 0.0127. The van der Waals surface area contributed by atoms with Gasteiger partial charge in [0.05, 0.1) is 0 Å². The van der Waals surface area contributed by atoms with Gasteiger partial charge >= 0.3 is 6.18 Å². The zero-order valence-electron chi connectivity index (χ0n) is 6.56. The van der Waals surface area contributed by atoms with Crippen molar-refractivity contribution >= 4 is 0 Å². The van der Waals surface area contributed by atoms with E-state index in [1.54, 1.807) is 4.90 Å². The van der Waals surface area contributed by atoms with Gasteiger partial charge in [-0.3, -0.25) is 0 Å². The maximum atomic E-state index is 12.5. The van der Waals surface area contributed by atoms with Crippen LogP contribution < -0.4 is 5.73 Å². The molecule has 12 heavy (non-hydrogen) atoms. The molecule has 2 saturated heterocycles. The molecule has 70 valence electrons. The zero-order valence-corrected chi connectivity index (χ0v) is 6.56. The number of piperidine rings is 1. The third kappa shape index (κ3) is 0.894. The molecule has 5 heteroatoms. The molecule has 2 nitrogen and oxygen atoms in total. The van der Waals surface area contributed by atoms with Crippen LogP contribution in [0.5, 0.6) is 0 Å². The molecule has 2 N–H and O–H groups in total. The fourth-order valence-corrected chi connectivity index (χ4v) is 2.22. The van der Waals surface area contributed by atoms with E-state index in [0.717, 1.165) is 6.54 Å². The predicted molar refractivity (Wildman–Crippen MR) is 37.5 cm³/mol. The number of fused-ring (bicyclic) bond motifs is 2. The van der Waals surface area contributed by atoms with Crippen LogP contribution in [0.4, 0.5) is 13.2 Å². The standard InChI is InChI=1S/C7H11F3N2/c8-7(9,10)6(11)4-12-2-1-5(6)3-12/h5H,1-4,11H2. The molecule has 0 saturated carbocycles. The van der Waals surface area contributed by atoms with E-state index in [1.807, 2.05) is 0 Å². The lowest BCUT2D eigenvalue weighted by atomic mass is 9.84. The first-order chi connectivity index (χ1) is 5.43. The van der Waals surface area contributed by atoms with Crippen LogP contribution in [0.3, 0.4) is 0 Å². The maximum absolute atomic E-state index is 12.5. The average molecular weight is 180 g/mol. The van der Waals surface area contributed by atoms with Crippen molar-refractivity contribution in [3.05, 3.63) is 0 Å². The quantitative estimate of drug-likeness (QED) is 0.591. The number of nitrogens with two attached hydrogens (primary N) is 1. The SMILES string of the molecule is NC1(C(F)(F)F)CN2CCC1C2. The number of hydrogen-bond donors (Lipinski definition) is 1. The fourth-order valence-electron chi connectivity index (χ4n) is 2.22. The minimum Gasteiger partial charge on any atom is -0.316 e. The van der Waals surface area contributed by atoms with E-state index >= 15 is 0 Å². The largest absolute Gasteiger partial charge is 0.407 e. The van der Waals surface area contributed by atoms with E-state index in [0.29, 0.717) is 13.0 Å². The molecule has 0 radical (unpaired) electrons. The summed E-state index contributed by atoms with van der Waals surface area (Å²) in [5.74, 6) is -0.377. The summed E-state index contributed by atoms with van der Waals surface area (Å²) in [6, 6.07) is 0. The molecule has 2 rings (SSSR count). The number of alkyl halides is 3. The third-order valence-corrected chi connectivity index (χ3v) is 3.01. The molecule has 2 bridgehead atoms. The third-order valence-electron chi connectivity index (χ3n) is 3.01. The van der Waals surface area contributed by atoms with Crippen LogP contribution in [0.1, 0.15) is 6.42 Å². The van der Waals surface area contributed by atoms with Crippen molar-refractivity contribution in [1.29, 1.82) is 0 Å². The van der Waals surface area contributed by atoms with Crippen LogP contribution in [-0.4, -0.2) is 36.2 Å². The van der Waals surface area contributed by atoms with Gasteiger partial charge in [-0.25, -0.2) is 0 Å². The molecule has 0 aromatic heterocycles. The number of halogens is 3. The van der Waals surface area contributed by atoms with Crippen LogP contribution in [0.2, 0.25) is 0 Å². The van der Waals surface area contributed by atoms with E-state index < -0.39 is 11.7 Å². The second-order valence-corrected chi connectivity index (χ2v) is 3.76. The van der Waals surface area contributed by atoms with Crippen molar-refractivity contribution in [2.75, 3.05) is 19.6 Å². The van der Waals surface area contributed by atoms with Crippen LogP contribution in [0, 0.1) is 5.92 Å². The highest BCUT2D eigenvalue weighted by molar-refractivity contribution is 5.09. The van der Waals surface area contributed by atoms with Gasteiger partial charge in [0.25, 0.3) is 0 Å². The van der Waals surface area contributed by atoms with Gasteiger partial charge in [0, 0.05) is 19.0 Å². The summed E-state index contributed by atoms with van der Waals surface area (Å²) in [6.07, 6.45) is -3.65. The first-order valence-electron chi connectivity index (χ1n) is 4.01. The molecule has 0 amide bonds. The lowest BCUT2D eigenvalue weighted by Gasteiger charge is -2.35. The summed E-state index contributed by atoms with van der Waals surface area (Å²) in [5.41, 5.74) is 3.43. The zero-order chi connectivity index (χ0) is 8.98. The maximum Gasteiger partial charge on any atom is 0.407 e. The Morgan fingerprint density at radius 2 is 2.08 bits per heavy atom. The van der Waals surface area contributed by atoms with Gasteiger partial charge in [-0.2, -0.15) is 13.2 Å². The molecule has 0 aliphatic carbocycles. The van der Waals surface area contributed by atoms with E-state index in [1.165, 1.54) is 0 Å². The molecular formula is C7H11F3N2. The van der Waals surface area contributed by atoms with Gasteiger partial charge in [0.2, 0.25) is 0 Å². The second-order valence-electron chi connectivity index (χ2n) is 3.76. The Morgan fingerprint density at radius 1 is 1.42 bits per heavy atom. The van der Waals surface area contributed by atoms with E-state index in [9.17, 15) is 13.2 Å². The lowest BCUT2D eigenvalue weighted by molar-refractivity contribution is -0.195. The van der Waals surface area contributed by atoms with E-state index in [4.69, 9.17) is 5.73 Å². The highest BCUT2D eigenvalue weighted by Gasteiger charge is 2.62. The molecule has 2 heterocycles. The van der Waals surface area contributed by atoms with Crippen LogP contribution in [0.15, 0.2) is 0 Å². The normalized spacial score (nSPS) is 47.0. The van der Waals surface area contributed by atoms with Crippen LogP contribution in [-0.2, 0) is 0 Å². The molecule has 3 atom stereocenters. The van der Waals surface area contributed by atoms with Crippen molar-refractivity contribution in [3.63, 3.8) is 0 Å². The highest BCUT2D eigenvalue weighted by Crippen LogP contribution is 2.44. The Balaban J connectivity index is 2.23. The highest BCUT2D eigenvalue weighted by atomic mass is 19.4. The average Bonchev–Trinajstić information content (AvgIpc) is 2.43. The smallest absolute Gasteiger partial charge is 0.316 e. The fraction of sp³-hybridized carbons (Fsp3) is 1.00.